The highest BCUT2D eigenvalue weighted by Crippen LogP contribution is 2.43. The van der Waals surface area contributed by atoms with E-state index in [1.54, 1.807) is 12.1 Å². The standard InChI is InChI=1S/C32H25N5O4/c38-19-25-15-16-26(40-25)27-28-30(34-20-35-31(28)41-29(27)22-7-3-1-4-8-22)33-18-17-21-11-13-24(14-12-21)37-32(39)36-23-9-5-2-6-10-23/h1-16,19-20H,17-18H2,(H,33,34,35)(H2,36,37,39). The van der Waals surface area contributed by atoms with Gasteiger partial charge in [-0.1, -0.05) is 60.7 Å². The average Bonchev–Trinajstić information content (AvgIpc) is 3.64. The van der Waals surface area contributed by atoms with E-state index in [9.17, 15) is 9.59 Å². The third kappa shape index (κ3) is 5.69. The van der Waals surface area contributed by atoms with Gasteiger partial charge in [0.2, 0.25) is 5.71 Å². The fraction of sp³-hybridized carbons (Fsp3) is 0.0625. The Balaban J connectivity index is 1.19. The lowest BCUT2D eigenvalue weighted by Crippen LogP contribution is -2.19. The lowest BCUT2D eigenvalue weighted by atomic mass is 10.0. The number of para-hydroxylation sites is 1. The Hall–Kier alpha value is -5.70. The minimum absolute atomic E-state index is 0.218. The summed E-state index contributed by atoms with van der Waals surface area (Å²) in [6, 6.07) is 29.7. The van der Waals surface area contributed by atoms with Gasteiger partial charge in [0.15, 0.2) is 12.0 Å². The van der Waals surface area contributed by atoms with E-state index in [0.29, 0.717) is 58.9 Å². The van der Waals surface area contributed by atoms with Crippen molar-refractivity contribution in [3.05, 3.63) is 115 Å². The lowest BCUT2D eigenvalue weighted by molar-refractivity contribution is 0.110. The van der Waals surface area contributed by atoms with Gasteiger partial charge in [-0.2, -0.15) is 0 Å². The monoisotopic (exact) mass is 543 g/mol. The quantitative estimate of drug-likeness (QED) is 0.164. The molecule has 0 fully saturated rings. The van der Waals surface area contributed by atoms with Gasteiger partial charge >= 0.3 is 6.03 Å². The van der Waals surface area contributed by atoms with Gasteiger partial charge in [0, 0.05) is 23.5 Å². The molecule has 0 bridgehead atoms. The smallest absolute Gasteiger partial charge is 0.323 e. The molecule has 0 atom stereocenters. The number of benzene rings is 3. The first-order valence-corrected chi connectivity index (χ1v) is 13.0. The maximum Gasteiger partial charge on any atom is 0.323 e. The van der Waals surface area contributed by atoms with E-state index < -0.39 is 0 Å². The van der Waals surface area contributed by atoms with Crippen LogP contribution in [-0.2, 0) is 6.42 Å². The van der Waals surface area contributed by atoms with E-state index in [1.165, 1.54) is 6.33 Å². The number of nitrogens with one attached hydrogen (secondary N) is 3. The van der Waals surface area contributed by atoms with Crippen LogP contribution in [0.15, 0.2) is 112 Å². The summed E-state index contributed by atoms with van der Waals surface area (Å²) >= 11 is 0. The molecular weight excluding hydrogens is 518 g/mol. The second kappa shape index (κ2) is 11.6. The highest BCUT2D eigenvalue weighted by atomic mass is 16.4. The van der Waals surface area contributed by atoms with Crippen molar-refractivity contribution in [3.8, 4) is 22.6 Å². The maximum atomic E-state index is 12.3. The molecule has 0 aliphatic rings. The molecule has 0 unspecified atom stereocenters. The van der Waals surface area contributed by atoms with Crippen molar-refractivity contribution in [2.45, 2.75) is 6.42 Å². The largest absolute Gasteiger partial charge is 0.453 e. The third-order valence-electron chi connectivity index (χ3n) is 6.46. The van der Waals surface area contributed by atoms with Gasteiger partial charge in [0.25, 0.3) is 0 Å². The van der Waals surface area contributed by atoms with Gasteiger partial charge in [0.05, 0.1) is 10.9 Å². The molecule has 2 amide bonds. The Labute approximate surface area is 235 Å². The summed E-state index contributed by atoms with van der Waals surface area (Å²) in [5.74, 6) is 1.88. The minimum Gasteiger partial charge on any atom is -0.453 e. The Morgan fingerprint density at radius 2 is 1.49 bits per heavy atom. The van der Waals surface area contributed by atoms with Gasteiger partial charge in [-0.3, -0.25) is 4.79 Å². The number of furan rings is 2. The summed E-state index contributed by atoms with van der Waals surface area (Å²) in [6.07, 6.45) is 2.82. The summed E-state index contributed by atoms with van der Waals surface area (Å²) in [6.45, 7) is 0.580. The number of rotatable bonds is 9. The molecule has 0 aliphatic carbocycles. The van der Waals surface area contributed by atoms with Crippen molar-refractivity contribution >= 4 is 40.6 Å². The SMILES string of the molecule is O=Cc1ccc(-c2c(-c3ccccc3)oc3ncnc(NCCc4ccc(NC(=O)Nc5ccccc5)cc4)c23)o1. The van der Waals surface area contributed by atoms with E-state index in [0.717, 1.165) is 16.8 Å². The van der Waals surface area contributed by atoms with Gasteiger partial charge in [-0.05, 0) is 48.4 Å². The Bertz CT molecular complexity index is 1800. The number of anilines is 3. The zero-order chi connectivity index (χ0) is 28.0. The zero-order valence-electron chi connectivity index (χ0n) is 21.8. The molecule has 9 nitrogen and oxygen atoms in total. The number of aldehydes is 1. The summed E-state index contributed by atoms with van der Waals surface area (Å²) in [4.78, 5) is 32.4. The number of aromatic nitrogens is 2. The van der Waals surface area contributed by atoms with Crippen molar-refractivity contribution in [2.24, 2.45) is 0 Å². The van der Waals surface area contributed by atoms with E-state index >= 15 is 0 Å². The lowest BCUT2D eigenvalue weighted by Gasteiger charge is -2.09. The minimum atomic E-state index is -0.305. The average molecular weight is 544 g/mol. The van der Waals surface area contributed by atoms with E-state index in [1.807, 2.05) is 84.9 Å². The van der Waals surface area contributed by atoms with Crippen LogP contribution < -0.4 is 16.0 Å². The van der Waals surface area contributed by atoms with Crippen LogP contribution in [0.1, 0.15) is 16.1 Å². The van der Waals surface area contributed by atoms with E-state index in [4.69, 9.17) is 8.83 Å². The van der Waals surface area contributed by atoms with Crippen LogP contribution in [0.3, 0.4) is 0 Å². The van der Waals surface area contributed by atoms with Crippen molar-refractivity contribution in [1.82, 2.24) is 9.97 Å². The van der Waals surface area contributed by atoms with Crippen LogP contribution in [0.5, 0.6) is 0 Å². The van der Waals surface area contributed by atoms with E-state index in [2.05, 4.69) is 25.9 Å². The molecule has 0 aliphatic heterocycles. The first-order chi connectivity index (χ1) is 20.2. The van der Waals surface area contributed by atoms with Gasteiger partial charge in [-0.25, -0.2) is 14.8 Å². The van der Waals surface area contributed by atoms with E-state index in [-0.39, 0.29) is 11.8 Å². The van der Waals surface area contributed by atoms with Crippen LogP contribution in [0.4, 0.5) is 22.0 Å². The van der Waals surface area contributed by atoms with Gasteiger partial charge < -0.3 is 24.8 Å². The molecule has 3 aromatic heterocycles. The molecule has 3 heterocycles. The molecule has 0 saturated heterocycles. The molecular formula is C32H25N5O4. The molecule has 3 N–H and O–H groups in total. The predicted molar refractivity (Wildman–Crippen MR) is 158 cm³/mol. The number of hydrogen-bond donors (Lipinski definition) is 3. The molecule has 0 radical (unpaired) electrons. The van der Waals surface area contributed by atoms with Crippen molar-refractivity contribution < 1.29 is 18.4 Å². The summed E-state index contributed by atoms with van der Waals surface area (Å²) in [7, 11) is 0. The molecule has 6 rings (SSSR count). The summed E-state index contributed by atoms with van der Waals surface area (Å²) in [5.41, 5.74) is 4.42. The summed E-state index contributed by atoms with van der Waals surface area (Å²) in [5, 5.41) is 9.71. The highest BCUT2D eigenvalue weighted by Gasteiger charge is 2.24. The highest BCUT2D eigenvalue weighted by molar-refractivity contribution is 6.05. The number of carbonyl (C=O) groups is 2. The molecule has 202 valence electrons. The number of nitrogens with zero attached hydrogens (tertiary/aromatic N) is 2. The van der Waals surface area contributed by atoms with Crippen molar-refractivity contribution in [2.75, 3.05) is 22.5 Å². The van der Waals surface area contributed by atoms with Crippen molar-refractivity contribution in [3.63, 3.8) is 0 Å². The zero-order valence-corrected chi connectivity index (χ0v) is 21.8. The maximum absolute atomic E-state index is 12.3. The van der Waals surface area contributed by atoms with Crippen LogP contribution in [0.2, 0.25) is 0 Å². The molecule has 41 heavy (non-hydrogen) atoms. The number of urea groups is 1. The Morgan fingerprint density at radius 1 is 0.780 bits per heavy atom. The topological polar surface area (TPSA) is 122 Å². The van der Waals surface area contributed by atoms with Crippen LogP contribution >= 0.6 is 0 Å². The normalized spacial score (nSPS) is 10.8. The molecule has 9 heteroatoms. The number of carbonyl (C=O) groups excluding carboxylic acids is 2. The fourth-order valence-electron chi connectivity index (χ4n) is 4.54. The molecule has 3 aromatic carbocycles. The molecule has 0 spiro atoms. The first kappa shape index (κ1) is 25.6. The second-order valence-electron chi connectivity index (χ2n) is 9.21. The summed E-state index contributed by atoms with van der Waals surface area (Å²) < 4.78 is 12.0. The fourth-order valence-corrected chi connectivity index (χ4v) is 4.54. The predicted octanol–water partition coefficient (Wildman–Crippen LogP) is 7.26. The Kier molecular flexibility index (Phi) is 7.23. The molecule has 6 aromatic rings. The Morgan fingerprint density at radius 3 is 2.20 bits per heavy atom. The van der Waals surface area contributed by atoms with Crippen LogP contribution in [-0.4, -0.2) is 28.8 Å². The van der Waals surface area contributed by atoms with Gasteiger partial charge in [0.1, 0.15) is 23.7 Å². The molecule has 0 saturated carbocycles. The van der Waals surface area contributed by atoms with Gasteiger partial charge in [-0.15, -0.1) is 0 Å². The number of hydrogen-bond acceptors (Lipinski definition) is 7. The third-order valence-corrected chi connectivity index (χ3v) is 6.46. The first-order valence-electron chi connectivity index (χ1n) is 13.0. The van der Waals surface area contributed by atoms with Crippen LogP contribution in [0.25, 0.3) is 33.7 Å². The van der Waals surface area contributed by atoms with Crippen LogP contribution in [0, 0.1) is 0 Å². The number of fused-ring (bicyclic) bond motifs is 1. The number of amides is 2. The van der Waals surface area contributed by atoms with Crippen molar-refractivity contribution in [1.29, 1.82) is 0 Å². The second-order valence-corrected chi connectivity index (χ2v) is 9.21.